The van der Waals surface area contributed by atoms with Crippen LogP contribution in [0, 0.1) is 13.8 Å². The van der Waals surface area contributed by atoms with Gasteiger partial charge < -0.3 is 20.5 Å². The zero-order valence-electron chi connectivity index (χ0n) is 11.0. The van der Waals surface area contributed by atoms with Crippen LogP contribution in [0.25, 0.3) is 10.9 Å². The fraction of sp³-hybridized carbons (Fsp3) is 0.143. The highest BCUT2D eigenvalue weighted by Crippen LogP contribution is 2.29. The molecule has 0 aliphatic rings. The Bertz CT molecular complexity index is 728. The van der Waals surface area contributed by atoms with E-state index in [1.807, 2.05) is 19.9 Å². The molecule has 20 heavy (non-hydrogen) atoms. The van der Waals surface area contributed by atoms with E-state index >= 15 is 0 Å². The number of aryl methyl sites for hydroxylation is 2. The van der Waals surface area contributed by atoms with Gasteiger partial charge in [0, 0.05) is 22.3 Å². The van der Waals surface area contributed by atoms with Crippen molar-refractivity contribution in [3.8, 4) is 0 Å². The lowest BCUT2D eigenvalue weighted by Gasteiger charge is -2.08. The third-order valence-corrected chi connectivity index (χ3v) is 3.09. The molecule has 0 aliphatic carbocycles. The largest absolute Gasteiger partial charge is 0.478 e. The van der Waals surface area contributed by atoms with Crippen LogP contribution < -0.4 is 5.32 Å². The molecule has 0 atom stereocenters. The summed E-state index contributed by atoms with van der Waals surface area (Å²) in [6, 6.07) is 5.35. The fourth-order valence-corrected chi connectivity index (χ4v) is 2.07. The number of carboxylic acid groups (broad SMARTS) is 2. The number of carbonyl (C=O) groups is 2. The Morgan fingerprint density at radius 3 is 2.55 bits per heavy atom. The number of carboxylic acids is 2. The molecular formula is C14H14N2O4. The SMILES string of the molecule is Cc1[nH]c2cccc(N/C(=C\C(=O)O)C(=O)O)c2c1C. The summed E-state index contributed by atoms with van der Waals surface area (Å²) in [5.74, 6) is -2.64. The summed E-state index contributed by atoms with van der Waals surface area (Å²) in [5, 5.41) is 21.2. The smallest absolute Gasteiger partial charge is 0.352 e. The molecule has 4 N–H and O–H groups in total. The molecule has 0 unspecified atom stereocenters. The second-order valence-corrected chi connectivity index (χ2v) is 4.43. The van der Waals surface area contributed by atoms with Crippen molar-refractivity contribution >= 4 is 28.5 Å². The van der Waals surface area contributed by atoms with Gasteiger partial charge in [-0.1, -0.05) is 6.07 Å². The average molecular weight is 274 g/mol. The lowest BCUT2D eigenvalue weighted by atomic mass is 10.1. The molecule has 2 aromatic rings. The number of hydrogen-bond acceptors (Lipinski definition) is 3. The van der Waals surface area contributed by atoms with Crippen LogP contribution in [0.1, 0.15) is 11.3 Å². The van der Waals surface area contributed by atoms with Gasteiger partial charge in [-0.15, -0.1) is 0 Å². The van der Waals surface area contributed by atoms with Crippen molar-refractivity contribution in [1.82, 2.24) is 4.98 Å². The van der Waals surface area contributed by atoms with Gasteiger partial charge in [-0.2, -0.15) is 0 Å². The van der Waals surface area contributed by atoms with Crippen LogP contribution in [-0.2, 0) is 9.59 Å². The normalized spacial score (nSPS) is 11.6. The Morgan fingerprint density at radius 1 is 1.25 bits per heavy atom. The van der Waals surface area contributed by atoms with E-state index in [0.29, 0.717) is 11.8 Å². The maximum absolute atomic E-state index is 11.1. The molecule has 1 aromatic heterocycles. The second kappa shape index (κ2) is 5.08. The van der Waals surface area contributed by atoms with Crippen molar-refractivity contribution < 1.29 is 19.8 Å². The predicted molar refractivity (Wildman–Crippen MR) is 74.8 cm³/mol. The molecule has 104 valence electrons. The molecule has 0 fully saturated rings. The molecule has 1 heterocycles. The zero-order chi connectivity index (χ0) is 14.9. The van der Waals surface area contributed by atoms with Gasteiger partial charge >= 0.3 is 11.9 Å². The maximum atomic E-state index is 11.1. The lowest BCUT2D eigenvalue weighted by Crippen LogP contribution is -2.12. The molecule has 0 aliphatic heterocycles. The summed E-state index contributed by atoms with van der Waals surface area (Å²) < 4.78 is 0. The standard InChI is InChI=1S/C14H14N2O4/c1-7-8(2)15-9-4-3-5-10(13(7)9)16-11(14(19)20)6-12(17)18/h3-6,15-16H,1-2H3,(H,17,18)(H,19,20)/b11-6-. The van der Waals surface area contributed by atoms with Crippen molar-refractivity contribution in [2.45, 2.75) is 13.8 Å². The Balaban J connectivity index is 2.53. The van der Waals surface area contributed by atoms with Crippen LogP contribution in [0.4, 0.5) is 5.69 Å². The third-order valence-electron chi connectivity index (χ3n) is 3.09. The fourth-order valence-electron chi connectivity index (χ4n) is 2.07. The number of anilines is 1. The minimum atomic E-state index is -1.32. The first-order valence-corrected chi connectivity index (χ1v) is 5.93. The number of aromatic amines is 1. The number of rotatable bonds is 4. The first-order chi connectivity index (χ1) is 9.40. The highest BCUT2D eigenvalue weighted by Gasteiger charge is 2.14. The summed E-state index contributed by atoms with van der Waals surface area (Å²) in [6.45, 7) is 3.84. The minimum Gasteiger partial charge on any atom is -0.478 e. The summed E-state index contributed by atoms with van der Waals surface area (Å²) in [4.78, 5) is 24.9. The molecule has 0 spiro atoms. The minimum absolute atomic E-state index is 0.386. The zero-order valence-corrected chi connectivity index (χ0v) is 11.0. The van der Waals surface area contributed by atoms with Gasteiger partial charge in [0.2, 0.25) is 0 Å². The number of H-pyrrole nitrogens is 1. The van der Waals surface area contributed by atoms with Gasteiger partial charge in [0.05, 0.1) is 6.08 Å². The van der Waals surface area contributed by atoms with E-state index in [0.717, 1.165) is 22.2 Å². The molecule has 0 saturated heterocycles. The quantitative estimate of drug-likeness (QED) is 0.640. The number of hydrogen-bond donors (Lipinski definition) is 4. The van der Waals surface area contributed by atoms with E-state index < -0.39 is 11.9 Å². The van der Waals surface area contributed by atoms with Gasteiger partial charge in [-0.3, -0.25) is 0 Å². The van der Waals surface area contributed by atoms with Crippen LogP contribution in [0.15, 0.2) is 30.0 Å². The monoisotopic (exact) mass is 274 g/mol. The van der Waals surface area contributed by atoms with E-state index in [1.54, 1.807) is 12.1 Å². The van der Waals surface area contributed by atoms with Crippen LogP contribution in [0.2, 0.25) is 0 Å². The van der Waals surface area contributed by atoms with Crippen molar-refractivity contribution in [2.24, 2.45) is 0 Å². The first-order valence-electron chi connectivity index (χ1n) is 5.93. The summed E-state index contributed by atoms with van der Waals surface area (Å²) in [7, 11) is 0. The van der Waals surface area contributed by atoms with Crippen molar-refractivity contribution in [1.29, 1.82) is 0 Å². The van der Waals surface area contributed by atoms with Crippen LogP contribution >= 0.6 is 0 Å². The van der Waals surface area contributed by atoms with Gasteiger partial charge in [0.15, 0.2) is 0 Å². The number of aliphatic carboxylic acids is 2. The summed E-state index contributed by atoms with van der Waals surface area (Å²) in [5.41, 5.74) is 3.00. The summed E-state index contributed by atoms with van der Waals surface area (Å²) in [6.07, 6.45) is 0.635. The highest BCUT2D eigenvalue weighted by atomic mass is 16.4. The van der Waals surface area contributed by atoms with E-state index in [-0.39, 0.29) is 5.70 Å². The Labute approximate surface area is 114 Å². The Kier molecular flexibility index (Phi) is 3.47. The van der Waals surface area contributed by atoms with Crippen LogP contribution in [-0.4, -0.2) is 27.1 Å². The molecule has 0 radical (unpaired) electrons. The number of aromatic nitrogens is 1. The topological polar surface area (TPSA) is 102 Å². The van der Waals surface area contributed by atoms with Crippen LogP contribution in [0.3, 0.4) is 0 Å². The van der Waals surface area contributed by atoms with Gasteiger partial charge in [-0.25, -0.2) is 9.59 Å². The van der Waals surface area contributed by atoms with E-state index in [2.05, 4.69) is 10.3 Å². The van der Waals surface area contributed by atoms with E-state index in [4.69, 9.17) is 10.2 Å². The van der Waals surface area contributed by atoms with Crippen molar-refractivity contribution in [3.05, 3.63) is 41.2 Å². The Morgan fingerprint density at radius 2 is 1.95 bits per heavy atom. The number of fused-ring (bicyclic) bond motifs is 1. The molecular weight excluding hydrogens is 260 g/mol. The van der Waals surface area contributed by atoms with E-state index in [9.17, 15) is 9.59 Å². The van der Waals surface area contributed by atoms with Gasteiger partial charge in [-0.05, 0) is 31.5 Å². The molecule has 0 bridgehead atoms. The third kappa shape index (κ3) is 2.49. The van der Waals surface area contributed by atoms with Crippen molar-refractivity contribution in [2.75, 3.05) is 5.32 Å². The molecule has 1 aromatic carbocycles. The molecule has 2 rings (SSSR count). The Hall–Kier alpha value is -2.76. The van der Waals surface area contributed by atoms with Crippen molar-refractivity contribution in [3.63, 3.8) is 0 Å². The molecule has 0 saturated carbocycles. The predicted octanol–water partition coefficient (Wildman–Crippen LogP) is 2.25. The number of nitrogens with one attached hydrogen (secondary N) is 2. The molecule has 6 heteroatoms. The number of benzene rings is 1. The first kappa shape index (κ1) is 13.7. The van der Waals surface area contributed by atoms with Crippen LogP contribution in [0.5, 0.6) is 0 Å². The molecule has 6 nitrogen and oxygen atoms in total. The average Bonchev–Trinajstić information content (AvgIpc) is 2.64. The lowest BCUT2D eigenvalue weighted by molar-refractivity contribution is -0.134. The second-order valence-electron chi connectivity index (χ2n) is 4.43. The highest BCUT2D eigenvalue weighted by molar-refractivity contribution is 6.02. The van der Waals surface area contributed by atoms with Gasteiger partial charge in [0.25, 0.3) is 0 Å². The molecule has 0 amide bonds. The maximum Gasteiger partial charge on any atom is 0.352 e. The van der Waals surface area contributed by atoms with E-state index in [1.165, 1.54) is 0 Å². The summed E-state index contributed by atoms with van der Waals surface area (Å²) >= 11 is 0. The van der Waals surface area contributed by atoms with Gasteiger partial charge in [0.1, 0.15) is 5.70 Å².